The van der Waals surface area contributed by atoms with Crippen LogP contribution >= 0.6 is 11.3 Å². The number of thiophene rings is 1. The van der Waals surface area contributed by atoms with Crippen molar-refractivity contribution < 1.29 is 8.83 Å². The van der Waals surface area contributed by atoms with Crippen LogP contribution in [0, 0.1) is 34.0 Å². The van der Waals surface area contributed by atoms with Crippen LogP contribution < -0.4 is 0 Å². The molecule has 18 heteroatoms. The van der Waals surface area contributed by atoms with Crippen molar-refractivity contribution in [3.8, 4) is 138 Å². The van der Waals surface area contributed by atoms with Crippen molar-refractivity contribution in [2.24, 2.45) is 0 Å². The van der Waals surface area contributed by atoms with Gasteiger partial charge < -0.3 is 22.5 Å². The number of rotatable bonds is 12. The van der Waals surface area contributed by atoms with E-state index in [0.717, 1.165) is 166 Å². The first-order chi connectivity index (χ1) is 68.2. The van der Waals surface area contributed by atoms with Gasteiger partial charge in [0.05, 0.1) is 68.0 Å². The lowest BCUT2D eigenvalue weighted by Gasteiger charge is -2.11. The zero-order chi connectivity index (χ0) is 91.8. The topological polar surface area (TPSA) is 228 Å². The minimum Gasteiger partial charge on any atom is -0.456 e. The summed E-state index contributed by atoms with van der Waals surface area (Å²) in [6, 6.07) is 147. The average molecular weight is 1790 g/mol. The second-order valence-corrected chi connectivity index (χ2v) is 34.8. The highest BCUT2D eigenvalue weighted by molar-refractivity contribution is 7.25. The molecule has 0 bridgehead atoms. The minimum absolute atomic E-state index is 0.512. The van der Waals surface area contributed by atoms with E-state index in [2.05, 4.69) is 238 Å². The summed E-state index contributed by atoms with van der Waals surface area (Å²) in [5, 5.41) is 42.3. The lowest BCUT2D eigenvalue weighted by atomic mass is 10.1. The molecular weight excluding hydrogens is 1720 g/mol. The molecule has 9 heterocycles. The molecule has 0 aliphatic heterocycles. The van der Waals surface area contributed by atoms with Crippen molar-refractivity contribution in [3.05, 3.63) is 435 Å². The third kappa shape index (κ3) is 14.5. The summed E-state index contributed by atoms with van der Waals surface area (Å²) in [5.74, 6) is 5.03. The van der Waals surface area contributed by atoms with Crippen molar-refractivity contribution >= 4 is 141 Å². The number of aromatic nitrogens is 12. The fourth-order valence-corrected chi connectivity index (χ4v) is 20.1. The predicted octanol–water partition coefficient (Wildman–Crippen LogP) is 29.7. The van der Waals surface area contributed by atoms with Gasteiger partial charge in [0.15, 0.2) is 52.4 Å². The lowest BCUT2D eigenvalue weighted by molar-refractivity contribution is 0.669. The molecular formula is C120H69N15O2S. The predicted molar refractivity (Wildman–Crippen MR) is 553 cm³/mol. The van der Waals surface area contributed by atoms with Crippen molar-refractivity contribution in [2.45, 2.75) is 0 Å². The van der Waals surface area contributed by atoms with Gasteiger partial charge >= 0.3 is 0 Å². The molecule has 0 saturated heterocycles. The van der Waals surface area contributed by atoms with Gasteiger partial charge in [-0.05, 0) is 170 Å². The summed E-state index contributed by atoms with van der Waals surface area (Å²) >= 11 is 1.84. The monoisotopic (exact) mass is 1780 g/mol. The number of nitriles is 3. The standard InChI is InChI=1S/2C40H23N5O.C40H23N5S/c41-24-25-10-8-13-27(20-25)39-42-38(26-11-2-1-3-12-26)43-40(44-39)28-14-9-15-29(21-28)45-34-18-6-4-16-30(34)32-23-37-33(22-35(32)45)31-17-5-7-19-36(31)46-37;41-24-25-9-8-12-28(21-25)40-43-38(26-10-2-1-3-11-26)42-39(44-40)27-17-19-29(20-18-27)45-34-15-6-4-13-30(34)32-23-37-33(22-35(32)45)31-14-5-7-16-36(31)46-37;41-24-25-17-19-27(20-18-25)39-42-38(26-9-2-1-3-10-26)43-40(44-39)28-11-8-12-29(21-28)45-34-15-6-4-13-30(34)32-23-37-33(22-35(32)45)31-14-5-7-16-36(31)46-37/h3*1-23H. The number of hydrogen-bond donors (Lipinski definition) is 0. The zero-order valence-electron chi connectivity index (χ0n) is 73.3. The molecule has 0 radical (unpaired) electrons. The van der Waals surface area contributed by atoms with Gasteiger partial charge in [-0.1, -0.05) is 249 Å². The van der Waals surface area contributed by atoms with Gasteiger partial charge in [0.1, 0.15) is 22.3 Å². The van der Waals surface area contributed by atoms with Crippen LogP contribution in [0.4, 0.5) is 0 Å². The molecule has 138 heavy (non-hydrogen) atoms. The molecule has 0 amide bonds. The number of fused-ring (bicyclic) bond motifs is 18. The third-order valence-corrected chi connectivity index (χ3v) is 26.5. The number of para-hydroxylation sites is 5. The fraction of sp³-hybridized carbons (Fsp3) is 0. The Bertz CT molecular complexity index is 9720. The Hall–Kier alpha value is -19.3. The van der Waals surface area contributed by atoms with E-state index in [1.165, 1.54) is 30.9 Å². The average Bonchev–Trinajstić information content (AvgIpc) is 1.58. The summed E-state index contributed by atoms with van der Waals surface area (Å²) in [4.78, 5) is 44.1. The van der Waals surface area contributed by atoms with E-state index in [1.54, 1.807) is 30.3 Å². The van der Waals surface area contributed by atoms with Crippen LogP contribution in [0.3, 0.4) is 0 Å². The van der Waals surface area contributed by atoms with E-state index >= 15 is 0 Å². The maximum Gasteiger partial charge on any atom is 0.164 e. The highest BCUT2D eigenvalue weighted by Gasteiger charge is 2.25. The van der Waals surface area contributed by atoms with Gasteiger partial charge in [-0.2, -0.15) is 15.8 Å². The van der Waals surface area contributed by atoms with Crippen LogP contribution in [0.15, 0.2) is 427 Å². The minimum atomic E-state index is 0.512. The lowest BCUT2D eigenvalue weighted by Crippen LogP contribution is -2.01. The first kappa shape index (κ1) is 80.7. The Morgan fingerprint density at radius 2 is 0.486 bits per heavy atom. The Balaban J connectivity index is 0.000000110. The number of nitrogens with zero attached hydrogens (tertiary/aromatic N) is 15. The molecule has 0 aliphatic carbocycles. The third-order valence-electron chi connectivity index (χ3n) is 25.4. The fourth-order valence-electron chi connectivity index (χ4n) is 18.9. The van der Waals surface area contributed by atoms with E-state index in [9.17, 15) is 15.8 Å². The highest BCUT2D eigenvalue weighted by Crippen LogP contribution is 2.45. The number of hydrogen-bond acceptors (Lipinski definition) is 15. The number of furan rings is 2. The normalized spacial score (nSPS) is 11.5. The Labute approximate surface area is 791 Å². The molecule has 0 atom stereocenters. The molecule has 642 valence electrons. The molecule has 0 N–H and O–H groups in total. The molecule has 0 saturated carbocycles. The molecule has 17 nitrogen and oxygen atoms in total. The van der Waals surface area contributed by atoms with Crippen LogP contribution in [-0.2, 0) is 0 Å². The van der Waals surface area contributed by atoms with Gasteiger partial charge in [0.25, 0.3) is 0 Å². The van der Waals surface area contributed by atoms with E-state index in [4.69, 9.17) is 53.7 Å². The van der Waals surface area contributed by atoms with Crippen molar-refractivity contribution in [1.29, 1.82) is 15.8 Å². The molecule has 27 aromatic rings. The summed E-state index contributed by atoms with van der Waals surface area (Å²) < 4.78 is 22.0. The smallest absolute Gasteiger partial charge is 0.164 e. The Morgan fingerprint density at radius 3 is 0.891 bits per heavy atom. The van der Waals surface area contributed by atoms with Crippen molar-refractivity contribution in [3.63, 3.8) is 0 Å². The largest absolute Gasteiger partial charge is 0.456 e. The second kappa shape index (κ2) is 33.8. The summed E-state index contributed by atoms with van der Waals surface area (Å²) in [5.41, 5.74) is 22.6. The highest BCUT2D eigenvalue weighted by atomic mass is 32.1. The summed E-state index contributed by atoms with van der Waals surface area (Å²) in [7, 11) is 0. The van der Waals surface area contributed by atoms with E-state index in [-0.39, 0.29) is 0 Å². The quantitative estimate of drug-likeness (QED) is 0.111. The molecule has 18 aromatic carbocycles. The molecule has 9 aromatic heterocycles. The zero-order valence-corrected chi connectivity index (χ0v) is 74.1. The molecule has 0 unspecified atom stereocenters. The van der Waals surface area contributed by atoms with Gasteiger partial charge in [0, 0.05) is 141 Å². The van der Waals surface area contributed by atoms with Crippen LogP contribution in [0.2, 0.25) is 0 Å². The molecule has 0 fully saturated rings. The van der Waals surface area contributed by atoms with Gasteiger partial charge in [0.2, 0.25) is 0 Å². The van der Waals surface area contributed by atoms with Crippen molar-refractivity contribution in [2.75, 3.05) is 0 Å². The first-order valence-corrected chi connectivity index (χ1v) is 45.8. The molecule has 27 rings (SSSR count). The Morgan fingerprint density at radius 1 is 0.181 bits per heavy atom. The van der Waals surface area contributed by atoms with E-state index in [0.29, 0.717) is 69.1 Å². The van der Waals surface area contributed by atoms with Crippen LogP contribution in [0.25, 0.3) is 249 Å². The van der Waals surface area contributed by atoms with Crippen LogP contribution in [-0.4, -0.2) is 58.6 Å². The first-order valence-electron chi connectivity index (χ1n) is 45.0. The van der Waals surface area contributed by atoms with Crippen molar-refractivity contribution in [1.82, 2.24) is 58.6 Å². The van der Waals surface area contributed by atoms with Gasteiger partial charge in [-0.25, -0.2) is 44.9 Å². The van der Waals surface area contributed by atoms with E-state index < -0.39 is 0 Å². The maximum absolute atomic E-state index is 9.53. The second-order valence-electron chi connectivity index (χ2n) is 33.7. The van der Waals surface area contributed by atoms with Crippen LogP contribution in [0.1, 0.15) is 16.7 Å². The summed E-state index contributed by atoms with van der Waals surface area (Å²) in [6.45, 7) is 0. The van der Waals surface area contributed by atoms with E-state index in [1.807, 2.05) is 193 Å². The molecule has 0 spiro atoms. The maximum atomic E-state index is 9.53. The Kier molecular flexibility index (Phi) is 19.8. The molecule has 0 aliphatic rings. The number of benzene rings is 18. The summed E-state index contributed by atoms with van der Waals surface area (Å²) in [6.07, 6.45) is 0. The SMILES string of the molecule is N#Cc1ccc(-c2nc(-c3ccccc3)nc(-c3cccc(-n4c5ccccc5c5cc6sc7ccccc7c6cc54)c3)n2)cc1.N#Cc1cccc(-c2nc(-c3ccccc3)nc(-c3ccc(-n4c5ccccc5c5cc6oc7ccccc7c6cc54)cc3)n2)c1.N#Cc1cccc(-c2nc(-c3ccccc3)nc(-c3cccc(-n4c5ccccc5c5cc6oc7ccccc7c6cc54)c3)n2)c1. The van der Waals surface area contributed by atoms with Gasteiger partial charge in [-0.15, -0.1) is 11.3 Å². The van der Waals surface area contributed by atoms with Gasteiger partial charge in [-0.3, -0.25) is 0 Å². The van der Waals surface area contributed by atoms with Crippen LogP contribution in [0.5, 0.6) is 0 Å².